The Hall–Kier alpha value is -1.90. The molecular formula is C20H28ClN5O2S. The van der Waals surface area contributed by atoms with Crippen LogP contribution in [0.1, 0.15) is 43.4 Å². The Morgan fingerprint density at radius 2 is 2.03 bits per heavy atom. The molecule has 29 heavy (non-hydrogen) atoms. The summed E-state index contributed by atoms with van der Waals surface area (Å²) in [5.41, 5.74) is 1.60. The largest absolute Gasteiger partial charge is 0.357 e. The molecule has 3 rings (SSSR count). The van der Waals surface area contributed by atoms with Gasteiger partial charge in [-0.2, -0.15) is 0 Å². The second-order valence-corrected chi connectivity index (χ2v) is 9.99. The summed E-state index contributed by atoms with van der Waals surface area (Å²) in [5.74, 6) is 0.137. The number of fused-ring (bicyclic) bond motifs is 1. The molecule has 7 nitrogen and oxygen atoms in total. The maximum Gasteiger partial charge on any atom is 0.272 e. The fraction of sp³-hybridized carbons (Fsp3) is 0.550. The van der Waals surface area contributed by atoms with Crippen LogP contribution in [-0.2, 0) is 17.9 Å². The van der Waals surface area contributed by atoms with Gasteiger partial charge in [0.25, 0.3) is 5.91 Å². The number of thiophene rings is 1. The van der Waals surface area contributed by atoms with E-state index in [1.165, 1.54) is 11.3 Å². The van der Waals surface area contributed by atoms with E-state index in [4.69, 9.17) is 16.6 Å². The van der Waals surface area contributed by atoms with Crippen molar-refractivity contribution in [1.82, 2.24) is 25.1 Å². The predicted molar refractivity (Wildman–Crippen MR) is 116 cm³/mol. The maximum absolute atomic E-state index is 13.3. The number of amides is 2. The smallest absolute Gasteiger partial charge is 0.272 e. The Morgan fingerprint density at radius 3 is 2.62 bits per heavy atom. The molecule has 1 unspecified atom stereocenters. The number of likely N-dealkylation sites (N-methyl/N-ethyl adjacent to an activating group) is 1. The van der Waals surface area contributed by atoms with E-state index in [1.54, 1.807) is 7.05 Å². The van der Waals surface area contributed by atoms with Crippen LogP contribution in [0.2, 0.25) is 4.34 Å². The Kier molecular flexibility index (Phi) is 6.36. The fourth-order valence-corrected chi connectivity index (χ4v) is 4.49. The van der Waals surface area contributed by atoms with Crippen LogP contribution in [0.5, 0.6) is 0 Å². The van der Waals surface area contributed by atoms with Crippen molar-refractivity contribution in [1.29, 1.82) is 0 Å². The Bertz CT molecular complexity index is 915. The van der Waals surface area contributed by atoms with Gasteiger partial charge in [-0.1, -0.05) is 32.4 Å². The lowest BCUT2D eigenvalue weighted by Crippen LogP contribution is -2.53. The lowest BCUT2D eigenvalue weighted by atomic mass is 9.86. The molecule has 2 N–H and O–H groups in total. The van der Waals surface area contributed by atoms with Crippen LogP contribution in [0.4, 0.5) is 0 Å². The van der Waals surface area contributed by atoms with E-state index >= 15 is 0 Å². The van der Waals surface area contributed by atoms with Crippen molar-refractivity contribution in [3.05, 3.63) is 27.2 Å². The highest BCUT2D eigenvalue weighted by atomic mass is 35.5. The Labute approximate surface area is 180 Å². The van der Waals surface area contributed by atoms with Gasteiger partial charge in [-0.25, -0.2) is 4.98 Å². The third-order valence-electron chi connectivity index (χ3n) is 5.14. The zero-order valence-corrected chi connectivity index (χ0v) is 19.1. The first-order valence-electron chi connectivity index (χ1n) is 9.67. The number of halogens is 1. The number of imidazole rings is 1. The van der Waals surface area contributed by atoms with Crippen LogP contribution in [-0.4, -0.2) is 52.9 Å². The van der Waals surface area contributed by atoms with Crippen molar-refractivity contribution in [3.8, 4) is 11.4 Å². The van der Waals surface area contributed by atoms with Gasteiger partial charge >= 0.3 is 0 Å². The van der Waals surface area contributed by atoms with Crippen molar-refractivity contribution in [2.24, 2.45) is 5.41 Å². The number of hydrogen-bond acceptors (Lipinski definition) is 5. The summed E-state index contributed by atoms with van der Waals surface area (Å²) in [5, 5.41) is 7.47. The van der Waals surface area contributed by atoms with Crippen LogP contribution in [0.25, 0.3) is 11.4 Å². The van der Waals surface area contributed by atoms with Crippen LogP contribution >= 0.6 is 22.9 Å². The number of nitrogens with one attached hydrogen (secondary N) is 2. The molecule has 2 aromatic rings. The zero-order chi connectivity index (χ0) is 21.3. The van der Waals surface area contributed by atoms with Crippen molar-refractivity contribution >= 4 is 34.8 Å². The molecule has 0 spiro atoms. The molecule has 2 amide bonds. The van der Waals surface area contributed by atoms with Crippen LogP contribution in [0.15, 0.2) is 11.4 Å². The van der Waals surface area contributed by atoms with E-state index in [1.807, 2.05) is 39.3 Å². The molecule has 0 fully saturated rings. The van der Waals surface area contributed by atoms with E-state index in [0.717, 1.165) is 30.8 Å². The second kappa shape index (κ2) is 8.45. The second-order valence-electron chi connectivity index (χ2n) is 8.47. The summed E-state index contributed by atoms with van der Waals surface area (Å²) >= 11 is 7.82. The van der Waals surface area contributed by atoms with E-state index < -0.39 is 11.5 Å². The van der Waals surface area contributed by atoms with Gasteiger partial charge in [0, 0.05) is 25.7 Å². The highest BCUT2D eigenvalue weighted by Crippen LogP contribution is 2.34. The highest BCUT2D eigenvalue weighted by molar-refractivity contribution is 7.15. The molecule has 0 bridgehead atoms. The number of rotatable bonds is 4. The predicted octanol–water partition coefficient (Wildman–Crippen LogP) is 2.99. The summed E-state index contributed by atoms with van der Waals surface area (Å²) in [7, 11) is 3.60. The average Bonchev–Trinajstić information content (AvgIpc) is 3.16. The minimum Gasteiger partial charge on any atom is -0.357 e. The van der Waals surface area contributed by atoms with Crippen LogP contribution < -0.4 is 10.6 Å². The molecule has 158 valence electrons. The third kappa shape index (κ3) is 4.49. The molecule has 1 atom stereocenters. The fourth-order valence-electron chi connectivity index (χ4n) is 3.58. The monoisotopic (exact) mass is 437 g/mol. The lowest BCUT2D eigenvalue weighted by molar-refractivity contribution is -0.124. The van der Waals surface area contributed by atoms with E-state index in [2.05, 4.69) is 20.1 Å². The van der Waals surface area contributed by atoms with Crippen molar-refractivity contribution < 1.29 is 9.59 Å². The SMILES string of the molecule is CNC(=O)C(NC(=O)c1nc(-c2ccsc2Cl)n2c1CN(C)CCC2)C(C)(C)C. The van der Waals surface area contributed by atoms with Gasteiger partial charge in [-0.05, 0) is 36.9 Å². The maximum atomic E-state index is 13.3. The minimum atomic E-state index is -0.672. The summed E-state index contributed by atoms with van der Waals surface area (Å²) in [6.45, 7) is 8.07. The summed E-state index contributed by atoms with van der Waals surface area (Å²) in [6.07, 6.45) is 0.957. The third-order valence-corrected chi connectivity index (χ3v) is 6.31. The molecule has 1 aliphatic heterocycles. The van der Waals surface area contributed by atoms with Gasteiger partial charge in [-0.3, -0.25) is 9.59 Å². The van der Waals surface area contributed by atoms with E-state index in [-0.39, 0.29) is 11.8 Å². The number of nitrogens with zero attached hydrogens (tertiary/aromatic N) is 3. The van der Waals surface area contributed by atoms with Gasteiger partial charge in [0.1, 0.15) is 16.2 Å². The van der Waals surface area contributed by atoms with E-state index in [9.17, 15) is 9.59 Å². The molecule has 2 aromatic heterocycles. The van der Waals surface area contributed by atoms with Crippen LogP contribution in [0.3, 0.4) is 0 Å². The molecular weight excluding hydrogens is 410 g/mol. The summed E-state index contributed by atoms with van der Waals surface area (Å²) in [4.78, 5) is 32.5. The highest BCUT2D eigenvalue weighted by Gasteiger charge is 2.34. The Balaban J connectivity index is 2.04. The average molecular weight is 438 g/mol. The minimum absolute atomic E-state index is 0.227. The first-order valence-corrected chi connectivity index (χ1v) is 10.9. The molecule has 0 radical (unpaired) electrons. The summed E-state index contributed by atoms with van der Waals surface area (Å²) < 4.78 is 2.75. The molecule has 0 saturated heterocycles. The molecule has 1 aliphatic rings. The van der Waals surface area contributed by atoms with Gasteiger partial charge in [0.2, 0.25) is 5.91 Å². The number of carbonyl (C=O) groups is 2. The zero-order valence-electron chi connectivity index (χ0n) is 17.5. The number of hydrogen-bond donors (Lipinski definition) is 2. The number of aromatic nitrogens is 2. The Morgan fingerprint density at radius 1 is 1.31 bits per heavy atom. The van der Waals surface area contributed by atoms with Gasteiger partial charge in [-0.15, -0.1) is 11.3 Å². The molecule has 0 aliphatic carbocycles. The van der Waals surface area contributed by atoms with Crippen LogP contribution in [0, 0.1) is 5.41 Å². The molecule has 0 aromatic carbocycles. The number of carbonyl (C=O) groups excluding carboxylic acids is 2. The standard InChI is InChI=1S/C20H28ClN5O2S/c1-20(2,3)15(19(28)22-4)24-18(27)14-13-11-25(5)8-6-9-26(13)17(23-14)12-7-10-29-16(12)21/h7,10,15H,6,8-9,11H2,1-5H3,(H,22,28)(H,24,27). The van der Waals surface area contributed by atoms with Gasteiger partial charge in [0.05, 0.1) is 5.69 Å². The first kappa shape index (κ1) is 21.8. The summed E-state index contributed by atoms with van der Waals surface area (Å²) in [6, 6.07) is 1.26. The topological polar surface area (TPSA) is 79.3 Å². The van der Waals surface area contributed by atoms with Crippen molar-refractivity contribution in [2.75, 3.05) is 20.6 Å². The normalized spacial score (nSPS) is 16.1. The quantitative estimate of drug-likeness (QED) is 0.770. The van der Waals surface area contributed by atoms with Crippen molar-refractivity contribution in [3.63, 3.8) is 0 Å². The molecule has 9 heteroatoms. The van der Waals surface area contributed by atoms with Crippen molar-refractivity contribution in [2.45, 2.75) is 46.3 Å². The van der Waals surface area contributed by atoms with Gasteiger partial charge in [0.15, 0.2) is 5.69 Å². The molecule has 3 heterocycles. The first-order chi connectivity index (χ1) is 13.6. The lowest BCUT2D eigenvalue weighted by Gasteiger charge is -2.29. The molecule has 0 saturated carbocycles. The van der Waals surface area contributed by atoms with E-state index in [0.29, 0.717) is 22.4 Å². The van der Waals surface area contributed by atoms with Gasteiger partial charge < -0.3 is 20.1 Å².